The summed E-state index contributed by atoms with van der Waals surface area (Å²) < 4.78 is 10.4. The quantitative estimate of drug-likeness (QED) is 0.464. The van der Waals surface area contributed by atoms with Gasteiger partial charge < -0.3 is 9.47 Å². The molecule has 1 saturated heterocycles. The Hall–Kier alpha value is -2.48. The van der Waals surface area contributed by atoms with E-state index >= 15 is 0 Å². The number of para-hydroxylation sites is 1. The largest absolute Gasteiger partial charge is 0.488 e. The van der Waals surface area contributed by atoms with Crippen LogP contribution in [0.2, 0.25) is 10.0 Å². The lowest BCUT2D eigenvalue weighted by Crippen LogP contribution is -2.34. The van der Waals surface area contributed by atoms with Crippen molar-refractivity contribution in [2.45, 2.75) is 6.61 Å². The number of carbonyl (C=O) groups is 3. The third kappa shape index (κ3) is 5.12. The minimum Gasteiger partial charge on any atom is -0.488 e. The van der Waals surface area contributed by atoms with Crippen molar-refractivity contribution in [3.8, 4) is 5.75 Å². The van der Waals surface area contributed by atoms with Gasteiger partial charge >= 0.3 is 5.97 Å². The third-order valence-corrected chi connectivity index (χ3v) is 5.49. The third-order valence-electron chi connectivity index (χ3n) is 3.99. The van der Waals surface area contributed by atoms with Gasteiger partial charge in [-0.05, 0) is 36.0 Å². The monoisotopic (exact) mass is 451 g/mol. The van der Waals surface area contributed by atoms with E-state index in [1.54, 1.807) is 48.5 Å². The second-order valence-corrected chi connectivity index (χ2v) is 7.74. The van der Waals surface area contributed by atoms with Gasteiger partial charge in [-0.15, -0.1) is 0 Å². The molecule has 3 rings (SSSR count). The molecule has 2 amide bonds. The summed E-state index contributed by atoms with van der Waals surface area (Å²) in [5, 5.41) is 0.485. The summed E-state index contributed by atoms with van der Waals surface area (Å²) in [5.41, 5.74) is 1.37. The van der Waals surface area contributed by atoms with Crippen molar-refractivity contribution in [1.82, 2.24) is 4.90 Å². The Morgan fingerprint density at radius 1 is 1.17 bits per heavy atom. The molecule has 0 spiro atoms. The summed E-state index contributed by atoms with van der Waals surface area (Å²) in [4.78, 5) is 37.0. The van der Waals surface area contributed by atoms with Gasteiger partial charge in [0.15, 0.2) is 0 Å². The zero-order valence-corrected chi connectivity index (χ0v) is 17.5. The number of esters is 1. The Morgan fingerprint density at radius 2 is 1.93 bits per heavy atom. The molecule has 0 N–H and O–H groups in total. The van der Waals surface area contributed by atoms with Crippen molar-refractivity contribution >= 4 is 58.2 Å². The number of amides is 2. The second-order valence-electron chi connectivity index (χ2n) is 5.91. The molecular weight excluding hydrogens is 437 g/mol. The zero-order valence-electron chi connectivity index (χ0n) is 15.2. The molecule has 2 aromatic carbocycles. The second kappa shape index (κ2) is 9.35. The first-order valence-corrected chi connectivity index (χ1v) is 9.94. The van der Waals surface area contributed by atoms with Crippen molar-refractivity contribution in [2.75, 3.05) is 13.7 Å². The molecule has 0 aliphatic carbocycles. The predicted molar refractivity (Wildman–Crippen MR) is 112 cm³/mol. The van der Waals surface area contributed by atoms with Crippen LogP contribution in [0, 0.1) is 0 Å². The molecule has 6 nitrogen and oxygen atoms in total. The van der Waals surface area contributed by atoms with Crippen LogP contribution in [-0.4, -0.2) is 35.7 Å². The van der Waals surface area contributed by atoms with Gasteiger partial charge in [-0.25, -0.2) is 0 Å². The van der Waals surface area contributed by atoms with E-state index in [2.05, 4.69) is 4.74 Å². The van der Waals surface area contributed by atoms with Crippen molar-refractivity contribution in [3.05, 3.63) is 68.5 Å². The van der Waals surface area contributed by atoms with Crippen LogP contribution in [0.1, 0.15) is 11.1 Å². The molecule has 0 saturated carbocycles. The highest BCUT2D eigenvalue weighted by Gasteiger charge is 2.36. The van der Waals surface area contributed by atoms with Gasteiger partial charge in [0.25, 0.3) is 11.1 Å². The van der Waals surface area contributed by atoms with Gasteiger partial charge in [0.1, 0.15) is 18.9 Å². The Morgan fingerprint density at radius 3 is 2.66 bits per heavy atom. The molecule has 0 aromatic heterocycles. The number of methoxy groups -OCH3 is 1. The minimum atomic E-state index is -0.669. The lowest BCUT2D eigenvalue weighted by atomic mass is 10.1. The standard InChI is InChI=1S/C20H15Cl2NO5S/c1-27-18(24)10-23-19(25)17(29-20(23)26)8-12-4-2-3-5-16(12)28-11-13-6-7-14(21)9-15(13)22/h2-9H,10-11H2,1H3/b17-8-. The SMILES string of the molecule is COC(=O)CN1C(=O)S/C(=C\c2ccccc2OCc2ccc(Cl)cc2Cl)C1=O. The van der Waals surface area contributed by atoms with Crippen LogP contribution >= 0.6 is 35.0 Å². The van der Waals surface area contributed by atoms with Gasteiger partial charge in [-0.1, -0.05) is 47.5 Å². The van der Waals surface area contributed by atoms with E-state index in [4.69, 9.17) is 27.9 Å². The molecule has 9 heteroatoms. The number of benzene rings is 2. The number of nitrogens with zero attached hydrogens (tertiary/aromatic N) is 1. The summed E-state index contributed by atoms with van der Waals surface area (Å²) in [7, 11) is 1.19. The van der Waals surface area contributed by atoms with Crippen LogP contribution in [0.25, 0.3) is 6.08 Å². The zero-order chi connectivity index (χ0) is 21.0. The van der Waals surface area contributed by atoms with Gasteiger partial charge in [0.05, 0.1) is 12.0 Å². The maximum atomic E-state index is 12.5. The van der Waals surface area contributed by atoms with Gasteiger partial charge in [-0.2, -0.15) is 0 Å². The van der Waals surface area contributed by atoms with Crippen LogP contribution in [0.5, 0.6) is 5.75 Å². The fourth-order valence-electron chi connectivity index (χ4n) is 2.50. The molecule has 1 aliphatic heterocycles. The smallest absolute Gasteiger partial charge is 0.325 e. The lowest BCUT2D eigenvalue weighted by Gasteiger charge is -2.11. The first-order valence-electron chi connectivity index (χ1n) is 8.37. The summed E-state index contributed by atoms with van der Waals surface area (Å²) in [6.45, 7) is -0.226. The molecular formula is C20H15Cl2NO5S. The summed E-state index contributed by atoms with van der Waals surface area (Å²) >= 11 is 12.8. The molecule has 0 unspecified atom stereocenters. The number of halogens is 2. The Balaban J connectivity index is 1.79. The van der Waals surface area contributed by atoms with Gasteiger partial charge in [0.2, 0.25) is 0 Å². The van der Waals surface area contributed by atoms with E-state index in [1.807, 2.05) is 0 Å². The van der Waals surface area contributed by atoms with Crippen molar-refractivity contribution < 1.29 is 23.9 Å². The Labute approximate surface area is 181 Å². The maximum Gasteiger partial charge on any atom is 0.325 e. The van der Waals surface area contributed by atoms with Crippen LogP contribution < -0.4 is 4.74 Å². The summed E-state index contributed by atoms with van der Waals surface area (Å²) in [6.07, 6.45) is 1.56. The number of carbonyl (C=O) groups excluding carboxylic acids is 3. The highest BCUT2D eigenvalue weighted by Crippen LogP contribution is 2.34. The fraction of sp³-hybridized carbons (Fsp3) is 0.150. The number of imide groups is 1. The molecule has 1 heterocycles. The summed E-state index contributed by atoms with van der Waals surface area (Å²) in [5.74, 6) is -0.712. The molecule has 2 aromatic rings. The normalized spacial score (nSPS) is 15.1. The maximum absolute atomic E-state index is 12.5. The van der Waals surface area contributed by atoms with Crippen LogP contribution in [0.15, 0.2) is 47.4 Å². The molecule has 29 heavy (non-hydrogen) atoms. The van der Waals surface area contributed by atoms with Crippen molar-refractivity contribution in [2.24, 2.45) is 0 Å². The van der Waals surface area contributed by atoms with Crippen LogP contribution in [0.4, 0.5) is 4.79 Å². The molecule has 1 aliphatic rings. The Bertz CT molecular complexity index is 1010. The fourth-order valence-corrected chi connectivity index (χ4v) is 3.79. The van der Waals surface area contributed by atoms with E-state index in [-0.39, 0.29) is 11.5 Å². The number of rotatable bonds is 6. The van der Waals surface area contributed by atoms with E-state index in [1.165, 1.54) is 7.11 Å². The summed E-state index contributed by atoms with van der Waals surface area (Å²) in [6, 6.07) is 12.2. The molecule has 1 fully saturated rings. The predicted octanol–water partition coefficient (Wildman–Crippen LogP) is 4.78. The first kappa shape index (κ1) is 21.2. The van der Waals surface area contributed by atoms with E-state index in [0.717, 1.165) is 22.2 Å². The van der Waals surface area contributed by atoms with Crippen molar-refractivity contribution in [1.29, 1.82) is 0 Å². The van der Waals surface area contributed by atoms with Crippen LogP contribution in [-0.2, 0) is 20.9 Å². The molecule has 150 valence electrons. The minimum absolute atomic E-state index is 0.194. The van der Waals surface area contributed by atoms with E-state index in [9.17, 15) is 14.4 Å². The molecule has 0 bridgehead atoms. The lowest BCUT2D eigenvalue weighted by molar-refractivity contribution is -0.143. The number of hydrogen-bond acceptors (Lipinski definition) is 6. The van der Waals surface area contributed by atoms with Crippen molar-refractivity contribution in [3.63, 3.8) is 0 Å². The average molecular weight is 452 g/mol. The number of ether oxygens (including phenoxy) is 2. The van der Waals surface area contributed by atoms with E-state index < -0.39 is 23.7 Å². The average Bonchev–Trinajstić information content (AvgIpc) is 2.95. The number of thioether (sulfide) groups is 1. The highest BCUT2D eigenvalue weighted by molar-refractivity contribution is 8.18. The first-order chi connectivity index (χ1) is 13.9. The highest BCUT2D eigenvalue weighted by atomic mass is 35.5. The number of hydrogen-bond donors (Lipinski definition) is 0. The molecule has 0 atom stereocenters. The Kier molecular flexibility index (Phi) is 6.84. The van der Waals surface area contributed by atoms with E-state index in [0.29, 0.717) is 21.4 Å². The molecule has 0 radical (unpaired) electrons. The topological polar surface area (TPSA) is 72.9 Å². The van der Waals surface area contributed by atoms with Crippen LogP contribution in [0.3, 0.4) is 0 Å². The van der Waals surface area contributed by atoms with Gasteiger partial charge in [0, 0.05) is 21.2 Å². The van der Waals surface area contributed by atoms with Gasteiger partial charge in [-0.3, -0.25) is 19.3 Å².